The molecule has 1 amide bonds. The molecule has 106 valence electrons. The largest absolute Gasteiger partial charge is 0.339 e. The van der Waals surface area contributed by atoms with Gasteiger partial charge in [0.1, 0.15) is 4.90 Å². The molecular weight excluding hydrogens is 316 g/mol. The third-order valence-electron chi connectivity index (χ3n) is 2.55. The maximum absolute atomic E-state index is 14.1. The molecule has 0 radical (unpaired) electrons. The van der Waals surface area contributed by atoms with E-state index in [1.165, 1.54) is 4.90 Å². The highest BCUT2D eigenvalue weighted by molar-refractivity contribution is 8.13. The van der Waals surface area contributed by atoms with E-state index < -0.39 is 31.2 Å². The minimum absolute atomic E-state index is 0.0730. The molecule has 0 unspecified atom stereocenters. The number of rotatable bonds is 4. The van der Waals surface area contributed by atoms with Gasteiger partial charge in [0.05, 0.1) is 5.56 Å². The van der Waals surface area contributed by atoms with Crippen LogP contribution in [0.2, 0.25) is 5.02 Å². The normalized spacial score (nSPS) is 11.4. The third-order valence-corrected chi connectivity index (χ3v) is 4.09. The fourth-order valence-corrected chi connectivity index (χ4v) is 2.79. The summed E-state index contributed by atoms with van der Waals surface area (Å²) in [5.41, 5.74) is -0.407. The van der Waals surface area contributed by atoms with Crippen molar-refractivity contribution in [2.24, 2.45) is 0 Å². The quantitative estimate of drug-likeness (QED) is 0.799. The van der Waals surface area contributed by atoms with Gasteiger partial charge in [0, 0.05) is 28.8 Å². The smallest absolute Gasteiger partial charge is 0.264 e. The molecule has 0 spiro atoms. The van der Waals surface area contributed by atoms with Crippen LogP contribution in [0.15, 0.2) is 17.0 Å². The monoisotopic (exact) mass is 327 g/mol. The molecule has 0 bridgehead atoms. The van der Waals surface area contributed by atoms with Crippen molar-refractivity contribution in [2.75, 3.05) is 13.1 Å². The number of carbonyl (C=O) groups is 1. The molecule has 0 aliphatic carbocycles. The lowest BCUT2D eigenvalue weighted by molar-refractivity contribution is 0.0767. The van der Waals surface area contributed by atoms with Crippen LogP contribution in [-0.4, -0.2) is 32.3 Å². The SMILES string of the molecule is CCN(CC)C(=O)c1cc(Cl)cc(S(=O)(=O)Cl)c1F. The van der Waals surface area contributed by atoms with Crippen molar-refractivity contribution in [1.29, 1.82) is 0 Å². The molecule has 0 aliphatic heterocycles. The zero-order valence-electron chi connectivity index (χ0n) is 10.3. The summed E-state index contributed by atoms with van der Waals surface area (Å²) in [6.45, 7) is 4.18. The number of benzene rings is 1. The number of hydrogen-bond donors (Lipinski definition) is 0. The standard InChI is InChI=1S/C11H12Cl2FNO3S/c1-3-15(4-2)11(16)8-5-7(12)6-9(10(8)14)19(13,17)18/h5-6H,3-4H2,1-2H3. The second kappa shape index (κ2) is 6.07. The minimum Gasteiger partial charge on any atom is -0.339 e. The van der Waals surface area contributed by atoms with E-state index in [4.69, 9.17) is 22.3 Å². The van der Waals surface area contributed by atoms with Gasteiger partial charge in [0.25, 0.3) is 15.0 Å². The number of carbonyl (C=O) groups excluding carboxylic acids is 1. The van der Waals surface area contributed by atoms with Crippen LogP contribution in [0.1, 0.15) is 24.2 Å². The summed E-state index contributed by atoms with van der Waals surface area (Å²) in [5.74, 6) is -1.82. The van der Waals surface area contributed by atoms with Crippen LogP contribution in [0.3, 0.4) is 0 Å². The highest BCUT2D eigenvalue weighted by Crippen LogP contribution is 2.27. The van der Waals surface area contributed by atoms with Gasteiger partial charge < -0.3 is 4.90 Å². The Morgan fingerprint density at radius 1 is 1.32 bits per heavy atom. The molecule has 0 saturated heterocycles. The first-order valence-electron chi connectivity index (χ1n) is 5.45. The Labute approximate surface area is 120 Å². The Hall–Kier alpha value is -0.850. The van der Waals surface area contributed by atoms with E-state index in [1.807, 2.05) is 0 Å². The molecular formula is C11H12Cl2FNO3S. The summed E-state index contributed by atoms with van der Waals surface area (Å²) in [7, 11) is 0.799. The lowest BCUT2D eigenvalue weighted by Gasteiger charge is -2.19. The zero-order valence-corrected chi connectivity index (χ0v) is 12.6. The van der Waals surface area contributed by atoms with Gasteiger partial charge in [-0.25, -0.2) is 12.8 Å². The van der Waals surface area contributed by atoms with Crippen LogP contribution in [-0.2, 0) is 9.05 Å². The minimum atomic E-state index is -4.31. The Morgan fingerprint density at radius 3 is 2.26 bits per heavy atom. The molecule has 1 aromatic carbocycles. The van der Waals surface area contributed by atoms with E-state index >= 15 is 0 Å². The van der Waals surface area contributed by atoms with Gasteiger partial charge in [0.2, 0.25) is 0 Å². The van der Waals surface area contributed by atoms with Crippen LogP contribution < -0.4 is 0 Å². The molecule has 0 fully saturated rings. The molecule has 1 aromatic rings. The van der Waals surface area contributed by atoms with Gasteiger partial charge in [-0.05, 0) is 26.0 Å². The number of halogens is 3. The van der Waals surface area contributed by atoms with Gasteiger partial charge >= 0.3 is 0 Å². The highest BCUT2D eigenvalue weighted by Gasteiger charge is 2.25. The van der Waals surface area contributed by atoms with E-state index in [0.29, 0.717) is 13.1 Å². The average molecular weight is 328 g/mol. The van der Waals surface area contributed by atoms with Gasteiger partial charge in [-0.2, -0.15) is 0 Å². The topological polar surface area (TPSA) is 54.5 Å². The van der Waals surface area contributed by atoms with E-state index in [-0.39, 0.29) is 5.02 Å². The van der Waals surface area contributed by atoms with Gasteiger partial charge in [-0.1, -0.05) is 11.6 Å². The first kappa shape index (κ1) is 16.2. The summed E-state index contributed by atoms with van der Waals surface area (Å²) in [5, 5.41) is -0.0730. The van der Waals surface area contributed by atoms with Crippen LogP contribution in [0.4, 0.5) is 4.39 Å². The molecule has 4 nitrogen and oxygen atoms in total. The predicted octanol–water partition coefficient (Wildman–Crippen LogP) is 2.89. The van der Waals surface area contributed by atoms with Crippen molar-refractivity contribution < 1.29 is 17.6 Å². The average Bonchev–Trinajstić information content (AvgIpc) is 2.31. The molecule has 0 N–H and O–H groups in total. The Kier molecular flexibility index (Phi) is 5.18. The highest BCUT2D eigenvalue weighted by atomic mass is 35.7. The maximum atomic E-state index is 14.1. The molecule has 8 heteroatoms. The van der Waals surface area contributed by atoms with Gasteiger partial charge in [0.15, 0.2) is 5.82 Å². The molecule has 0 saturated carbocycles. The fraction of sp³-hybridized carbons (Fsp3) is 0.364. The van der Waals surface area contributed by atoms with Crippen LogP contribution in [0.5, 0.6) is 0 Å². The second-order valence-corrected chi connectivity index (χ2v) is 6.65. The van der Waals surface area contributed by atoms with Gasteiger partial charge in [-0.3, -0.25) is 4.79 Å². The van der Waals surface area contributed by atoms with E-state index in [0.717, 1.165) is 12.1 Å². The number of amides is 1. The van der Waals surface area contributed by atoms with E-state index in [2.05, 4.69) is 0 Å². The van der Waals surface area contributed by atoms with E-state index in [9.17, 15) is 17.6 Å². The maximum Gasteiger partial charge on any atom is 0.264 e. The first-order chi connectivity index (χ1) is 8.72. The fourth-order valence-electron chi connectivity index (χ4n) is 1.58. The molecule has 0 aromatic heterocycles. The number of hydrogen-bond acceptors (Lipinski definition) is 3. The van der Waals surface area contributed by atoms with Crippen LogP contribution in [0.25, 0.3) is 0 Å². The summed E-state index contributed by atoms with van der Waals surface area (Å²) >= 11 is 5.70. The second-order valence-electron chi connectivity index (χ2n) is 3.68. The Bertz CT molecular complexity index is 600. The van der Waals surface area contributed by atoms with Crippen LogP contribution in [0, 0.1) is 5.82 Å². The summed E-state index contributed by atoms with van der Waals surface area (Å²) in [6.07, 6.45) is 0. The molecule has 0 heterocycles. The van der Waals surface area contributed by atoms with Crippen molar-refractivity contribution in [1.82, 2.24) is 4.90 Å². The lowest BCUT2D eigenvalue weighted by Crippen LogP contribution is -2.31. The summed E-state index contributed by atoms with van der Waals surface area (Å²) in [6, 6.07) is 1.96. The van der Waals surface area contributed by atoms with Gasteiger partial charge in [-0.15, -0.1) is 0 Å². The molecule has 0 aliphatic rings. The Morgan fingerprint density at radius 2 is 1.84 bits per heavy atom. The first-order valence-corrected chi connectivity index (χ1v) is 8.14. The van der Waals surface area contributed by atoms with Crippen LogP contribution >= 0.6 is 22.3 Å². The lowest BCUT2D eigenvalue weighted by atomic mass is 10.2. The van der Waals surface area contributed by atoms with Crippen molar-refractivity contribution >= 4 is 37.2 Å². The zero-order chi connectivity index (χ0) is 14.8. The number of nitrogens with zero attached hydrogens (tertiary/aromatic N) is 1. The van der Waals surface area contributed by atoms with Crippen molar-refractivity contribution in [3.63, 3.8) is 0 Å². The molecule has 1 rings (SSSR count). The van der Waals surface area contributed by atoms with E-state index in [1.54, 1.807) is 13.8 Å². The Balaban J connectivity index is 3.46. The predicted molar refractivity (Wildman–Crippen MR) is 71.7 cm³/mol. The summed E-state index contributed by atoms with van der Waals surface area (Å²) in [4.78, 5) is 12.6. The summed E-state index contributed by atoms with van der Waals surface area (Å²) < 4.78 is 36.5. The van der Waals surface area contributed by atoms with Crippen molar-refractivity contribution in [2.45, 2.75) is 18.7 Å². The third kappa shape index (κ3) is 3.58. The molecule has 19 heavy (non-hydrogen) atoms. The van der Waals surface area contributed by atoms with Crippen molar-refractivity contribution in [3.05, 3.63) is 28.5 Å². The van der Waals surface area contributed by atoms with Crippen molar-refractivity contribution in [3.8, 4) is 0 Å². The molecule has 0 atom stereocenters.